The van der Waals surface area contributed by atoms with Gasteiger partial charge in [-0.15, -0.1) is 0 Å². The van der Waals surface area contributed by atoms with Gasteiger partial charge in [0.15, 0.2) is 6.20 Å². The third kappa shape index (κ3) is 2.50. The van der Waals surface area contributed by atoms with Crippen molar-refractivity contribution in [3.05, 3.63) is 73.7 Å². The van der Waals surface area contributed by atoms with E-state index in [1.54, 1.807) is 24.3 Å². The van der Waals surface area contributed by atoms with Gasteiger partial charge in [-0.25, -0.2) is 0 Å². The van der Waals surface area contributed by atoms with Crippen molar-refractivity contribution in [2.24, 2.45) is 0 Å². The number of hydrogen-bond donors (Lipinski definition) is 1. The summed E-state index contributed by atoms with van der Waals surface area (Å²) in [5.41, 5.74) is 0.0446. The number of methoxy groups -OCH3 is 1. The Bertz CT molecular complexity index is 623. The fraction of sp³-hybridized carbons (Fsp3) is 0.167. The summed E-state index contributed by atoms with van der Waals surface area (Å²) in [5, 5.41) is 23.3. The Morgan fingerprint density at radius 2 is 1.90 bits per heavy atom. The summed E-state index contributed by atoms with van der Waals surface area (Å²) in [6.07, 6.45) is 2.25. The van der Waals surface area contributed by atoms with Gasteiger partial charge in [-0.1, -0.05) is 12.1 Å². The maximum Gasteiger partial charge on any atom is 0.328 e. The zero-order chi connectivity index (χ0) is 14.7. The summed E-state index contributed by atoms with van der Waals surface area (Å²) in [6.45, 7) is 0. The van der Waals surface area contributed by atoms with Crippen molar-refractivity contribution >= 4 is 0 Å². The van der Waals surface area contributed by atoms with Gasteiger partial charge in [-0.05, 0) is 12.1 Å². The zero-order valence-corrected chi connectivity index (χ0v) is 10.6. The summed E-state index contributed by atoms with van der Waals surface area (Å²) < 4.78 is 5.18. The van der Waals surface area contributed by atoms with Crippen LogP contribution in [0.15, 0.2) is 47.9 Å². The van der Waals surface area contributed by atoms with Crippen molar-refractivity contribution < 1.29 is 19.9 Å². The average molecular weight is 278 g/mol. The van der Waals surface area contributed by atoms with E-state index in [-0.39, 0.29) is 11.4 Å². The molecule has 8 nitrogen and oxygen atoms in total. The van der Waals surface area contributed by atoms with Crippen LogP contribution in [0.2, 0.25) is 0 Å². The molecule has 0 aliphatic carbocycles. The third-order valence-corrected chi connectivity index (χ3v) is 2.97. The molecule has 0 saturated carbocycles. The lowest BCUT2D eigenvalue weighted by Crippen LogP contribution is -2.81. The molecule has 0 radical (unpaired) electrons. The number of para-hydroxylation sites is 1. The van der Waals surface area contributed by atoms with E-state index in [4.69, 9.17) is 4.74 Å². The number of allylic oxidation sites excluding steroid dienone is 1. The molecule has 1 aromatic carbocycles. The van der Waals surface area contributed by atoms with Crippen LogP contribution in [-0.2, 0) is 0 Å². The van der Waals surface area contributed by atoms with E-state index in [0.29, 0.717) is 11.3 Å². The van der Waals surface area contributed by atoms with Crippen molar-refractivity contribution in [3.63, 3.8) is 0 Å². The molecule has 0 spiro atoms. The van der Waals surface area contributed by atoms with Gasteiger partial charge in [-0.2, -0.15) is 0 Å². The van der Waals surface area contributed by atoms with Gasteiger partial charge in [0.2, 0.25) is 6.04 Å². The van der Waals surface area contributed by atoms with Gasteiger partial charge in [0, 0.05) is 0 Å². The molecule has 0 aromatic heterocycles. The minimum atomic E-state index is -0.676. The van der Waals surface area contributed by atoms with E-state index in [1.807, 2.05) is 0 Å². The highest BCUT2D eigenvalue weighted by Crippen LogP contribution is 2.29. The number of ether oxygens (including phenoxy) is 1. The lowest BCUT2D eigenvalue weighted by atomic mass is 10.0. The van der Waals surface area contributed by atoms with E-state index >= 15 is 0 Å². The second-order valence-electron chi connectivity index (χ2n) is 4.09. The van der Waals surface area contributed by atoms with Crippen LogP contribution in [0.4, 0.5) is 0 Å². The van der Waals surface area contributed by atoms with Gasteiger partial charge in [0.1, 0.15) is 11.8 Å². The molecular formula is C12H12N3O5+. The second-order valence-corrected chi connectivity index (χ2v) is 4.09. The van der Waals surface area contributed by atoms with Crippen LogP contribution in [0.1, 0.15) is 11.6 Å². The number of nitrogens with zero attached hydrogens (tertiary/aromatic N) is 2. The Morgan fingerprint density at radius 1 is 1.20 bits per heavy atom. The van der Waals surface area contributed by atoms with Crippen LogP contribution >= 0.6 is 0 Å². The molecule has 2 N–H and O–H groups in total. The molecule has 0 fully saturated rings. The first-order chi connectivity index (χ1) is 9.54. The quantitative estimate of drug-likeness (QED) is 0.640. The highest BCUT2D eigenvalue weighted by atomic mass is 16.6. The topological polar surface area (TPSA) is 112 Å². The van der Waals surface area contributed by atoms with E-state index in [1.165, 1.54) is 18.6 Å². The van der Waals surface area contributed by atoms with E-state index in [0.717, 1.165) is 6.08 Å². The Kier molecular flexibility index (Phi) is 3.76. The standard InChI is InChI=1S/C12H11N3O5/c1-20-11-5-3-2-4-9(11)12-10(15(18)19)6-8(7-13-12)14(16)17/h2-7,12-13H,1H3/p+1/t12-/m1/s1. The maximum atomic E-state index is 11.1. The van der Waals surface area contributed by atoms with Crippen LogP contribution in [-0.4, -0.2) is 17.0 Å². The molecular weight excluding hydrogens is 266 g/mol. The normalized spacial score (nSPS) is 17.9. The first-order valence-electron chi connectivity index (χ1n) is 5.73. The molecule has 1 aliphatic heterocycles. The summed E-state index contributed by atoms with van der Waals surface area (Å²) in [5.74, 6) is 0.499. The molecule has 104 valence electrons. The zero-order valence-electron chi connectivity index (χ0n) is 10.6. The largest absolute Gasteiger partial charge is 0.496 e. The summed E-state index contributed by atoms with van der Waals surface area (Å²) in [4.78, 5) is 20.6. The Hall–Kier alpha value is -2.74. The molecule has 0 bridgehead atoms. The van der Waals surface area contributed by atoms with Crippen LogP contribution < -0.4 is 10.1 Å². The molecule has 2 rings (SSSR count). The van der Waals surface area contributed by atoms with Gasteiger partial charge in [0.25, 0.3) is 0 Å². The first-order valence-corrected chi connectivity index (χ1v) is 5.73. The molecule has 1 aromatic rings. The van der Waals surface area contributed by atoms with Crippen molar-refractivity contribution in [1.82, 2.24) is 0 Å². The van der Waals surface area contributed by atoms with Crippen molar-refractivity contribution in [3.8, 4) is 5.75 Å². The van der Waals surface area contributed by atoms with Crippen LogP contribution in [0, 0.1) is 20.2 Å². The first kappa shape index (κ1) is 13.7. The number of nitrogens with two attached hydrogens (primary N) is 1. The summed E-state index contributed by atoms with van der Waals surface area (Å²) >= 11 is 0. The average Bonchev–Trinajstić information content (AvgIpc) is 2.46. The van der Waals surface area contributed by atoms with Crippen molar-refractivity contribution in [1.29, 1.82) is 0 Å². The van der Waals surface area contributed by atoms with E-state index in [2.05, 4.69) is 0 Å². The Labute approximate surface area is 113 Å². The van der Waals surface area contributed by atoms with Gasteiger partial charge >= 0.3 is 11.4 Å². The fourth-order valence-electron chi connectivity index (χ4n) is 2.05. The van der Waals surface area contributed by atoms with Crippen molar-refractivity contribution in [2.75, 3.05) is 7.11 Å². The minimum Gasteiger partial charge on any atom is -0.496 e. The molecule has 0 amide bonds. The molecule has 1 aliphatic rings. The smallest absolute Gasteiger partial charge is 0.328 e. The molecule has 0 saturated heterocycles. The minimum absolute atomic E-state index is 0.247. The highest BCUT2D eigenvalue weighted by molar-refractivity contribution is 5.39. The van der Waals surface area contributed by atoms with Gasteiger partial charge in [-0.3, -0.25) is 25.5 Å². The van der Waals surface area contributed by atoms with Crippen molar-refractivity contribution in [2.45, 2.75) is 6.04 Å². The van der Waals surface area contributed by atoms with Crippen LogP contribution in [0.3, 0.4) is 0 Å². The monoisotopic (exact) mass is 278 g/mol. The molecule has 1 atom stereocenters. The van der Waals surface area contributed by atoms with Crippen LogP contribution in [0.25, 0.3) is 0 Å². The lowest BCUT2D eigenvalue weighted by Gasteiger charge is -2.16. The summed E-state index contributed by atoms with van der Waals surface area (Å²) in [6, 6.07) is 6.19. The third-order valence-electron chi connectivity index (χ3n) is 2.97. The number of hydrogen-bond acceptors (Lipinski definition) is 5. The predicted octanol–water partition coefficient (Wildman–Crippen LogP) is 0.592. The lowest BCUT2D eigenvalue weighted by molar-refractivity contribution is -0.656. The second kappa shape index (κ2) is 5.49. The number of rotatable bonds is 4. The molecule has 1 heterocycles. The predicted molar refractivity (Wildman–Crippen MR) is 67.8 cm³/mol. The fourth-order valence-corrected chi connectivity index (χ4v) is 2.05. The number of nitro groups is 2. The van der Waals surface area contributed by atoms with Gasteiger partial charge in [0.05, 0.1) is 22.5 Å². The Morgan fingerprint density at radius 3 is 2.50 bits per heavy atom. The molecule has 0 unspecified atom stereocenters. The molecule has 8 heteroatoms. The number of benzene rings is 1. The number of quaternary nitrogens is 1. The maximum absolute atomic E-state index is 11.1. The van der Waals surface area contributed by atoms with E-state index in [9.17, 15) is 20.2 Å². The SMILES string of the molecule is COc1ccccc1[C@H]1[NH2+]C=C([N+](=O)[O-])C=C1[N+](=O)[O-]. The highest BCUT2D eigenvalue weighted by Gasteiger charge is 2.37. The molecule has 20 heavy (non-hydrogen) atoms. The van der Waals surface area contributed by atoms with Gasteiger partial charge < -0.3 is 4.74 Å². The Balaban J connectivity index is 2.46. The summed E-state index contributed by atoms with van der Waals surface area (Å²) in [7, 11) is 1.47. The van der Waals surface area contributed by atoms with Crippen LogP contribution in [0.5, 0.6) is 5.75 Å². The van der Waals surface area contributed by atoms with E-state index < -0.39 is 15.9 Å².